The Morgan fingerprint density at radius 3 is 2.09 bits per heavy atom. The third kappa shape index (κ3) is 2.46. The molecule has 0 amide bonds. The minimum atomic E-state index is -0.396. The molecule has 124 valence electrons. The zero-order valence-corrected chi connectivity index (χ0v) is 15.4. The average molecular weight is 331 g/mol. The number of hydrogen-bond acceptors (Lipinski definition) is 3. The molecule has 0 aliphatic carbocycles. The minimum Gasteiger partial charge on any atom is -0.349 e. The molecule has 0 bridgehead atoms. The Kier molecular flexibility index (Phi) is 3.58. The number of thiocarbonyl (C=S) groups is 1. The summed E-state index contributed by atoms with van der Waals surface area (Å²) in [6, 6.07) is 9.97. The number of nitrogens with zero attached hydrogens (tertiary/aromatic N) is 2. The van der Waals surface area contributed by atoms with Gasteiger partial charge in [-0.3, -0.25) is 15.2 Å². The number of hydrogen-bond donors (Lipinski definition) is 2. The highest BCUT2D eigenvalue weighted by Gasteiger charge is 2.57. The van der Waals surface area contributed by atoms with Gasteiger partial charge in [0.25, 0.3) is 0 Å². The molecule has 0 aromatic heterocycles. The smallest absolute Gasteiger partial charge is 0.179 e. The molecule has 4 nitrogen and oxygen atoms in total. The predicted molar refractivity (Wildman–Crippen MR) is 100 cm³/mol. The number of rotatable bonds is 1. The number of likely N-dealkylation sites (tertiary alicyclic amines) is 1. The van der Waals surface area contributed by atoms with E-state index in [0.717, 1.165) is 18.5 Å². The Balaban J connectivity index is 2.01. The van der Waals surface area contributed by atoms with E-state index in [0.29, 0.717) is 10.9 Å². The molecule has 2 aliphatic rings. The van der Waals surface area contributed by atoms with Gasteiger partial charge < -0.3 is 5.32 Å². The van der Waals surface area contributed by atoms with Gasteiger partial charge in [0.05, 0.1) is 0 Å². The van der Waals surface area contributed by atoms with Gasteiger partial charge in [-0.1, -0.05) is 18.2 Å². The topological polar surface area (TPSA) is 42.4 Å². The first-order valence-electron chi connectivity index (χ1n) is 8.09. The Hall–Kier alpha value is -1.46. The van der Waals surface area contributed by atoms with Crippen LogP contribution in [-0.4, -0.2) is 39.5 Å². The van der Waals surface area contributed by atoms with E-state index in [9.17, 15) is 0 Å². The Morgan fingerprint density at radius 2 is 1.57 bits per heavy atom. The van der Waals surface area contributed by atoms with Crippen LogP contribution in [0.15, 0.2) is 30.3 Å². The van der Waals surface area contributed by atoms with Crippen LogP contribution in [0.4, 0.5) is 5.69 Å². The lowest BCUT2D eigenvalue weighted by Crippen LogP contribution is -2.68. The monoisotopic (exact) mass is 330 g/mol. The second-order valence-electron chi connectivity index (χ2n) is 8.07. The van der Waals surface area contributed by atoms with Crippen molar-refractivity contribution in [3.05, 3.63) is 30.3 Å². The highest BCUT2D eigenvalue weighted by molar-refractivity contribution is 7.80. The molecule has 2 saturated heterocycles. The summed E-state index contributed by atoms with van der Waals surface area (Å²) in [4.78, 5) is 4.31. The van der Waals surface area contributed by atoms with Crippen molar-refractivity contribution in [2.75, 3.05) is 11.9 Å². The fourth-order valence-electron chi connectivity index (χ4n) is 4.31. The largest absolute Gasteiger partial charge is 0.349 e. The Labute approximate surface area is 144 Å². The van der Waals surface area contributed by atoms with Crippen molar-refractivity contribution in [1.29, 1.82) is 5.41 Å². The van der Waals surface area contributed by atoms with Crippen molar-refractivity contribution in [3.8, 4) is 0 Å². The molecular weight excluding hydrogens is 304 g/mol. The summed E-state index contributed by atoms with van der Waals surface area (Å²) in [5, 5.41) is 13.0. The lowest BCUT2D eigenvalue weighted by atomic mass is 9.69. The lowest BCUT2D eigenvalue weighted by molar-refractivity contribution is -0.0270. The van der Waals surface area contributed by atoms with Crippen LogP contribution in [0.1, 0.15) is 40.5 Å². The van der Waals surface area contributed by atoms with Crippen molar-refractivity contribution >= 4 is 28.9 Å². The van der Waals surface area contributed by atoms with Gasteiger partial charge in [-0.15, -0.1) is 0 Å². The van der Waals surface area contributed by atoms with Crippen molar-refractivity contribution < 1.29 is 0 Å². The number of para-hydroxylation sites is 1. The summed E-state index contributed by atoms with van der Waals surface area (Å²) >= 11 is 5.59. The summed E-state index contributed by atoms with van der Waals surface area (Å²) in [6.07, 6.45) is 1.73. The van der Waals surface area contributed by atoms with E-state index in [1.165, 1.54) is 0 Å². The quantitative estimate of drug-likeness (QED) is 0.775. The van der Waals surface area contributed by atoms with Crippen molar-refractivity contribution in [3.63, 3.8) is 0 Å². The first-order valence-corrected chi connectivity index (χ1v) is 8.50. The molecule has 0 unspecified atom stereocenters. The molecule has 0 radical (unpaired) electrons. The van der Waals surface area contributed by atoms with Crippen LogP contribution < -0.4 is 10.2 Å². The third-order valence-corrected chi connectivity index (χ3v) is 5.81. The molecule has 0 atom stereocenters. The van der Waals surface area contributed by atoms with Crippen LogP contribution in [0.3, 0.4) is 0 Å². The van der Waals surface area contributed by atoms with Crippen LogP contribution >= 0.6 is 12.2 Å². The van der Waals surface area contributed by atoms with Gasteiger partial charge in [0.1, 0.15) is 11.4 Å². The van der Waals surface area contributed by atoms with E-state index < -0.39 is 5.54 Å². The molecule has 5 heteroatoms. The number of anilines is 1. The van der Waals surface area contributed by atoms with E-state index in [1.807, 2.05) is 35.2 Å². The summed E-state index contributed by atoms with van der Waals surface area (Å²) in [6.45, 7) is 9.00. The predicted octanol–water partition coefficient (Wildman–Crippen LogP) is 3.38. The van der Waals surface area contributed by atoms with Gasteiger partial charge in [-0.25, -0.2) is 0 Å². The van der Waals surface area contributed by atoms with Gasteiger partial charge >= 0.3 is 0 Å². The van der Waals surface area contributed by atoms with Gasteiger partial charge in [0.2, 0.25) is 0 Å². The molecule has 3 rings (SSSR count). The van der Waals surface area contributed by atoms with Gasteiger partial charge in [-0.05, 0) is 71.9 Å². The summed E-state index contributed by atoms with van der Waals surface area (Å²) in [7, 11) is 2.18. The fourth-order valence-corrected chi connectivity index (χ4v) is 4.70. The standard InChI is InChI=1S/C18H26N4S/c1-16(2)11-18(12-17(3,4)21(16)5)14(19)22(15(23)20-18)13-9-7-6-8-10-13/h6-10,19H,11-12H2,1-5H3,(H,20,23). The molecule has 2 fully saturated rings. The Bertz CT molecular complexity index is 632. The SMILES string of the molecule is CN1C(C)(C)CC2(CC1(C)C)NC(=S)N(c1ccccc1)C2=N. The second-order valence-corrected chi connectivity index (χ2v) is 8.46. The highest BCUT2D eigenvalue weighted by atomic mass is 32.1. The third-order valence-electron chi connectivity index (χ3n) is 5.53. The Morgan fingerprint density at radius 1 is 1.04 bits per heavy atom. The van der Waals surface area contributed by atoms with Gasteiger partial charge in [0, 0.05) is 16.8 Å². The van der Waals surface area contributed by atoms with Crippen LogP contribution in [-0.2, 0) is 0 Å². The molecule has 0 saturated carbocycles. The highest BCUT2D eigenvalue weighted by Crippen LogP contribution is 2.45. The van der Waals surface area contributed by atoms with Gasteiger partial charge in [-0.2, -0.15) is 0 Å². The zero-order chi connectivity index (χ0) is 17.0. The van der Waals surface area contributed by atoms with E-state index >= 15 is 0 Å². The van der Waals surface area contributed by atoms with E-state index in [2.05, 4.69) is 45.0 Å². The summed E-state index contributed by atoms with van der Waals surface area (Å²) < 4.78 is 0. The zero-order valence-electron chi connectivity index (χ0n) is 14.6. The van der Waals surface area contributed by atoms with E-state index in [-0.39, 0.29) is 11.1 Å². The summed E-state index contributed by atoms with van der Waals surface area (Å²) in [5.74, 6) is 0.572. The van der Waals surface area contributed by atoms with E-state index in [4.69, 9.17) is 17.6 Å². The molecular formula is C18H26N4S. The number of amidine groups is 1. The molecule has 2 heterocycles. The van der Waals surface area contributed by atoms with Crippen LogP contribution in [0.2, 0.25) is 0 Å². The lowest BCUT2D eigenvalue weighted by Gasteiger charge is -2.57. The maximum atomic E-state index is 8.89. The van der Waals surface area contributed by atoms with Crippen molar-refractivity contribution in [2.24, 2.45) is 0 Å². The number of benzene rings is 1. The average Bonchev–Trinajstić information content (AvgIpc) is 2.67. The minimum absolute atomic E-state index is 0.0106. The van der Waals surface area contributed by atoms with Gasteiger partial charge in [0.15, 0.2) is 5.11 Å². The molecule has 23 heavy (non-hydrogen) atoms. The maximum Gasteiger partial charge on any atom is 0.179 e. The normalized spacial score (nSPS) is 25.7. The van der Waals surface area contributed by atoms with Crippen LogP contribution in [0.25, 0.3) is 0 Å². The first-order chi connectivity index (χ1) is 10.6. The molecule has 1 spiro atoms. The number of piperidine rings is 1. The van der Waals surface area contributed by atoms with Crippen LogP contribution in [0.5, 0.6) is 0 Å². The molecule has 2 N–H and O–H groups in total. The number of nitrogens with one attached hydrogen (secondary N) is 2. The molecule has 2 aliphatic heterocycles. The summed E-state index contributed by atoms with van der Waals surface area (Å²) in [5.41, 5.74) is 0.542. The van der Waals surface area contributed by atoms with Crippen LogP contribution in [0, 0.1) is 5.41 Å². The fraction of sp³-hybridized carbons (Fsp3) is 0.556. The molecule has 1 aromatic carbocycles. The van der Waals surface area contributed by atoms with Crippen molar-refractivity contribution in [2.45, 2.75) is 57.2 Å². The van der Waals surface area contributed by atoms with Crippen molar-refractivity contribution in [1.82, 2.24) is 10.2 Å². The molecule has 1 aromatic rings. The van der Waals surface area contributed by atoms with E-state index in [1.54, 1.807) is 0 Å². The second kappa shape index (κ2) is 5.02. The maximum absolute atomic E-state index is 8.89. The first kappa shape index (κ1) is 16.4.